The van der Waals surface area contributed by atoms with Crippen LogP contribution in [0, 0.1) is 0 Å². The molecule has 5 nitrogen and oxygen atoms in total. The van der Waals surface area contributed by atoms with Gasteiger partial charge < -0.3 is 16.0 Å². The molecule has 74 valence electrons. The summed E-state index contributed by atoms with van der Waals surface area (Å²) in [4.78, 5) is 24.6. The second kappa shape index (κ2) is 4.52. The molecular formula is C8H9N3O2S. The number of aromatic amines is 1. The predicted octanol–water partition coefficient (Wildman–Crippen LogP) is -0.609. The number of nitrogens with one attached hydrogen (secondary N) is 2. The van der Waals surface area contributed by atoms with Crippen LogP contribution in [0.4, 0.5) is 0 Å². The van der Waals surface area contributed by atoms with Gasteiger partial charge in [-0.3, -0.25) is 9.59 Å². The summed E-state index contributed by atoms with van der Waals surface area (Å²) >= 11 is 4.59. The molecule has 0 atom stereocenters. The van der Waals surface area contributed by atoms with Crippen molar-refractivity contribution < 1.29 is 4.79 Å². The van der Waals surface area contributed by atoms with Gasteiger partial charge in [0.2, 0.25) is 5.56 Å². The molecule has 1 aromatic rings. The van der Waals surface area contributed by atoms with E-state index in [1.807, 2.05) is 0 Å². The number of nitrogens with two attached hydrogens (primary N) is 1. The fraction of sp³-hybridized carbons (Fsp3) is 0.125. The Hall–Kier alpha value is -1.69. The lowest BCUT2D eigenvalue weighted by atomic mass is 10.3. The number of rotatable bonds is 3. The number of aromatic nitrogens is 1. The van der Waals surface area contributed by atoms with Crippen molar-refractivity contribution in [2.24, 2.45) is 5.73 Å². The third-order valence-corrected chi connectivity index (χ3v) is 1.61. The summed E-state index contributed by atoms with van der Waals surface area (Å²) in [6.07, 6.45) is 1.33. The topological polar surface area (TPSA) is 88.0 Å². The Kier molecular flexibility index (Phi) is 3.35. The molecule has 0 bridgehead atoms. The van der Waals surface area contributed by atoms with Gasteiger partial charge in [-0.15, -0.1) is 0 Å². The van der Waals surface area contributed by atoms with Gasteiger partial charge in [0.15, 0.2) is 0 Å². The first-order valence-electron chi connectivity index (χ1n) is 3.85. The third kappa shape index (κ3) is 2.98. The van der Waals surface area contributed by atoms with Crippen molar-refractivity contribution in [3.8, 4) is 0 Å². The number of hydrogen-bond acceptors (Lipinski definition) is 3. The third-order valence-electron chi connectivity index (χ3n) is 1.47. The Labute approximate surface area is 85.3 Å². The SMILES string of the molecule is NC(=S)CNC(=O)c1ccc(=O)[nH]c1. The maximum absolute atomic E-state index is 11.3. The van der Waals surface area contributed by atoms with E-state index in [9.17, 15) is 9.59 Å². The van der Waals surface area contributed by atoms with Gasteiger partial charge in [0, 0.05) is 12.3 Å². The van der Waals surface area contributed by atoms with E-state index in [1.54, 1.807) is 0 Å². The number of thiocarbonyl (C=S) groups is 1. The van der Waals surface area contributed by atoms with E-state index in [4.69, 9.17) is 5.73 Å². The first-order valence-corrected chi connectivity index (χ1v) is 4.25. The van der Waals surface area contributed by atoms with Crippen LogP contribution in [0.25, 0.3) is 0 Å². The van der Waals surface area contributed by atoms with Crippen molar-refractivity contribution in [1.82, 2.24) is 10.3 Å². The average Bonchev–Trinajstić information content (AvgIpc) is 2.15. The normalized spacial score (nSPS) is 9.43. The highest BCUT2D eigenvalue weighted by Crippen LogP contribution is 1.91. The molecule has 0 saturated carbocycles. The van der Waals surface area contributed by atoms with Crippen molar-refractivity contribution in [2.45, 2.75) is 0 Å². The van der Waals surface area contributed by atoms with Gasteiger partial charge in [-0.25, -0.2) is 0 Å². The molecule has 0 unspecified atom stereocenters. The summed E-state index contributed by atoms with van der Waals surface area (Å²) in [5.41, 5.74) is 5.31. The molecule has 1 rings (SSSR count). The summed E-state index contributed by atoms with van der Waals surface area (Å²) in [7, 11) is 0. The average molecular weight is 211 g/mol. The quantitative estimate of drug-likeness (QED) is 0.582. The van der Waals surface area contributed by atoms with E-state index >= 15 is 0 Å². The fourth-order valence-electron chi connectivity index (χ4n) is 0.821. The largest absolute Gasteiger partial charge is 0.392 e. The van der Waals surface area contributed by atoms with Gasteiger partial charge in [-0.1, -0.05) is 12.2 Å². The fourth-order valence-corrected chi connectivity index (χ4v) is 0.893. The summed E-state index contributed by atoms with van der Waals surface area (Å²) in [6, 6.07) is 2.70. The number of hydrogen-bond donors (Lipinski definition) is 3. The molecule has 1 heterocycles. The minimum atomic E-state index is -0.325. The van der Waals surface area contributed by atoms with Crippen molar-refractivity contribution in [3.63, 3.8) is 0 Å². The van der Waals surface area contributed by atoms with E-state index < -0.39 is 0 Å². The summed E-state index contributed by atoms with van der Waals surface area (Å²) in [6.45, 7) is 0.146. The minimum Gasteiger partial charge on any atom is -0.392 e. The Bertz CT molecular complexity index is 393. The van der Waals surface area contributed by atoms with Gasteiger partial charge >= 0.3 is 0 Å². The molecule has 14 heavy (non-hydrogen) atoms. The van der Waals surface area contributed by atoms with Crippen LogP contribution in [0.15, 0.2) is 23.1 Å². The highest BCUT2D eigenvalue weighted by atomic mass is 32.1. The lowest BCUT2D eigenvalue weighted by molar-refractivity contribution is 0.0959. The van der Waals surface area contributed by atoms with Gasteiger partial charge in [0.25, 0.3) is 5.91 Å². The molecular weight excluding hydrogens is 202 g/mol. The number of carbonyl (C=O) groups is 1. The lowest BCUT2D eigenvalue weighted by Gasteiger charge is -2.02. The van der Waals surface area contributed by atoms with Crippen molar-refractivity contribution in [1.29, 1.82) is 0 Å². The van der Waals surface area contributed by atoms with Gasteiger partial charge in [-0.05, 0) is 6.07 Å². The van der Waals surface area contributed by atoms with Crippen LogP contribution in [0.2, 0.25) is 0 Å². The molecule has 1 aromatic heterocycles. The smallest absolute Gasteiger partial charge is 0.253 e. The van der Waals surface area contributed by atoms with E-state index in [0.717, 1.165) is 0 Å². The second-order valence-corrected chi connectivity index (χ2v) is 3.11. The zero-order chi connectivity index (χ0) is 10.6. The Morgan fingerprint density at radius 2 is 2.29 bits per heavy atom. The maximum atomic E-state index is 11.3. The predicted molar refractivity (Wildman–Crippen MR) is 56.2 cm³/mol. The standard InChI is InChI=1S/C8H9N3O2S/c9-6(14)4-11-8(13)5-1-2-7(12)10-3-5/h1-3H,4H2,(H2,9,14)(H,10,12)(H,11,13). The first-order chi connectivity index (χ1) is 6.59. The molecule has 4 N–H and O–H groups in total. The highest BCUT2D eigenvalue weighted by Gasteiger charge is 2.04. The monoisotopic (exact) mass is 211 g/mol. The van der Waals surface area contributed by atoms with Gasteiger partial charge in [0.05, 0.1) is 17.1 Å². The molecule has 6 heteroatoms. The van der Waals surface area contributed by atoms with E-state index in [2.05, 4.69) is 22.5 Å². The van der Waals surface area contributed by atoms with Crippen LogP contribution in [0.5, 0.6) is 0 Å². The number of carbonyl (C=O) groups excluding carboxylic acids is 1. The molecule has 0 aromatic carbocycles. The molecule has 0 fully saturated rings. The van der Waals surface area contributed by atoms with Crippen molar-refractivity contribution >= 4 is 23.1 Å². The second-order valence-electron chi connectivity index (χ2n) is 2.59. The van der Waals surface area contributed by atoms with Crippen LogP contribution in [-0.4, -0.2) is 22.4 Å². The Balaban J connectivity index is 2.65. The van der Waals surface area contributed by atoms with Crippen LogP contribution < -0.4 is 16.6 Å². The van der Waals surface area contributed by atoms with Crippen molar-refractivity contribution in [2.75, 3.05) is 6.54 Å². The summed E-state index contributed by atoms with van der Waals surface area (Å²) in [5, 5.41) is 2.49. The van der Waals surface area contributed by atoms with E-state index in [1.165, 1.54) is 18.3 Å². The van der Waals surface area contributed by atoms with Crippen LogP contribution in [0.3, 0.4) is 0 Å². The maximum Gasteiger partial charge on any atom is 0.253 e. The molecule has 0 spiro atoms. The van der Waals surface area contributed by atoms with Crippen LogP contribution in [-0.2, 0) is 0 Å². The molecule has 0 aliphatic rings. The molecule has 0 aliphatic heterocycles. The first kappa shape index (κ1) is 10.4. The minimum absolute atomic E-state index is 0.146. The highest BCUT2D eigenvalue weighted by molar-refractivity contribution is 7.80. The van der Waals surface area contributed by atoms with Crippen molar-refractivity contribution in [3.05, 3.63) is 34.2 Å². The molecule has 0 radical (unpaired) electrons. The number of H-pyrrole nitrogens is 1. The Morgan fingerprint density at radius 1 is 1.57 bits per heavy atom. The van der Waals surface area contributed by atoms with Gasteiger partial charge in [0.1, 0.15) is 0 Å². The summed E-state index contributed by atoms with van der Waals surface area (Å²) in [5.74, 6) is -0.325. The zero-order valence-electron chi connectivity index (χ0n) is 7.24. The number of amides is 1. The van der Waals surface area contributed by atoms with E-state index in [-0.39, 0.29) is 23.0 Å². The van der Waals surface area contributed by atoms with Crippen LogP contribution >= 0.6 is 12.2 Å². The lowest BCUT2D eigenvalue weighted by Crippen LogP contribution is -2.32. The molecule has 0 saturated heterocycles. The van der Waals surface area contributed by atoms with E-state index in [0.29, 0.717) is 5.56 Å². The molecule has 1 amide bonds. The summed E-state index contributed by atoms with van der Waals surface area (Å²) < 4.78 is 0. The zero-order valence-corrected chi connectivity index (χ0v) is 8.06. The number of pyridine rings is 1. The molecule has 0 aliphatic carbocycles. The van der Waals surface area contributed by atoms with Gasteiger partial charge in [-0.2, -0.15) is 0 Å². The Morgan fingerprint density at radius 3 is 2.79 bits per heavy atom. The van der Waals surface area contributed by atoms with Crippen LogP contribution in [0.1, 0.15) is 10.4 Å².